The van der Waals surface area contributed by atoms with Gasteiger partial charge in [0, 0.05) is 10.4 Å². The van der Waals surface area contributed by atoms with Gasteiger partial charge in [-0.05, 0) is 27.7 Å². The maximum absolute atomic E-state index is 12.2. The minimum atomic E-state index is -3.62. The van der Waals surface area contributed by atoms with Crippen LogP contribution in [0.5, 0.6) is 0 Å². The molecule has 0 amide bonds. The summed E-state index contributed by atoms with van der Waals surface area (Å²) in [6, 6.07) is 0. The second-order valence-electron chi connectivity index (χ2n) is 4.60. The van der Waals surface area contributed by atoms with Crippen LogP contribution < -0.4 is 4.72 Å². The molecule has 1 unspecified atom stereocenters. The topological polar surface area (TPSA) is 72.2 Å². The Balaban J connectivity index is 3.15. The predicted molar refractivity (Wildman–Crippen MR) is 68.8 cm³/mol. The maximum atomic E-state index is 12.2. The molecule has 1 aromatic rings. The first-order valence-corrected chi connectivity index (χ1v) is 7.58. The SMILES string of the molecule is Cc1noc(C)c1S(=O)(=O)NC(C)(C)C(C)Br. The zero-order chi connectivity index (χ0) is 13.4. The number of nitrogens with zero attached hydrogens (tertiary/aromatic N) is 1. The molecule has 17 heavy (non-hydrogen) atoms. The van der Waals surface area contributed by atoms with Crippen LogP contribution in [0.25, 0.3) is 0 Å². The first-order valence-electron chi connectivity index (χ1n) is 5.19. The number of hydrogen-bond acceptors (Lipinski definition) is 4. The van der Waals surface area contributed by atoms with E-state index in [0.29, 0.717) is 11.5 Å². The van der Waals surface area contributed by atoms with Crippen LogP contribution in [-0.4, -0.2) is 23.9 Å². The van der Waals surface area contributed by atoms with Gasteiger partial charge in [-0.25, -0.2) is 13.1 Å². The first kappa shape index (κ1) is 14.7. The molecule has 1 N–H and O–H groups in total. The van der Waals surface area contributed by atoms with Crippen LogP contribution in [-0.2, 0) is 10.0 Å². The smallest absolute Gasteiger partial charge is 0.246 e. The fourth-order valence-corrected chi connectivity index (χ4v) is 3.42. The number of sulfonamides is 1. The molecule has 1 heterocycles. The van der Waals surface area contributed by atoms with E-state index in [4.69, 9.17) is 4.52 Å². The van der Waals surface area contributed by atoms with Crippen molar-refractivity contribution in [3.05, 3.63) is 11.5 Å². The quantitative estimate of drug-likeness (QED) is 0.861. The summed E-state index contributed by atoms with van der Waals surface area (Å²) < 4.78 is 32.0. The van der Waals surface area contributed by atoms with Gasteiger partial charge in [0.2, 0.25) is 10.0 Å². The first-order chi connectivity index (χ1) is 7.58. The number of alkyl halides is 1. The Morgan fingerprint density at radius 2 is 1.94 bits per heavy atom. The molecule has 7 heteroatoms. The van der Waals surface area contributed by atoms with E-state index < -0.39 is 15.6 Å². The second-order valence-corrected chi connectivity index (χ2v) is 7.59. The maximum Gasteiger partial charge on any atom is 0.246 e. The van der Waals surface area contributed by atoms with Crippen molar-refractivity contribution in [2.24, 2.45) is 0 Å². The molecule has 0 radical (unpaired) electrons. The van der Waals surface area contributed by atoms with Crippen molar-refractivity contribution in [1.82, 2.24) is 9.88 Å². The molecule has 0 spiro atoms. The number of rotatable bonds is 4. The lowest BCUT2D eigenvalue weighted by Crippen LogP contribution is -2.48. The van der Waals surface area contributed by atoms with Gasteiger partial charge in [-0.2, -0.15) is 0 Å². The molecule has 1 aromatic heterocycles. The van der Waals surface area contributed by atoms with E-state index in [1.807, 2.05) is 20.8 Å². The number of hydrogen-bond donors (Lipinski definition) is 1. The lowest BCUT2D eigenvalue weighted by Gasteiger charge is -2.28. The minimum Gasteiger partial charge on any atom is -0.360 e. The summed E-state index contributed by atoms with van der Waals surface area (Å²) in [6.45, 7) is 8.69. The van der Waals surface area contributed by atoms with E-state index in [0.717, 1.165) is 0 Å². The van der Waals surface area contributed by atoms with Crippen molar-refractivity contribution in [2.45, 2.75) is 49.9 Å². The van der Waals surface area contributed by atoms with E-state index in [1.165, 1.54) is 0 Å². The zero-order valence-electron chi connectivity index (χ0n) is 10.5. The largest absolute Gasteiger partial charge is 0.360 e. The van der Waals surface area contributed by atoms with Gasteiger partial charge in [0.05, 0.1) is 0 Å². The van der Waals surface area contributed by atoms with Crippen molar-refractivity contribution >= 4 is 26.0 Å². The van der Waals surface area contributed by atoms with Gasteiger partial charge in [-0.15, -0.1) is 0 Å². The van der Waals surface area contributed by atoms with Gasteiger partial charge in [-0.3, -0.25) is 0 Å². The number of nitrogens with one attached hydrogen (secondary N) is 1. The summed E-state index contributed by atoms with van der Waals surface area (Å²) in [5.74, 6) is 0.299. The highest BCUT2D eigenvalue weighted by Crippen LogP contribution is 2.24. The van der Waals surface area contributed by atoms with Crippen molar-refractivity contribution in [3.63, 3.8) is 0 Å². The third kappa shape index (κ3) is 3.08. The van der Waals surface area contributed by atoms with Gasteiger partial charge >= 0.3 is 0 Å². The minimum absolute atomic E-state index is 0.00903. The Bertz CT molecular complexity index is 486. The van der Waals surface area contributed by atoms with E-state index >= 15 is 0 Å². The number of aromatic nitrogens is 1. The van der Waals surface area contributed by atoms with Crippen LogP contribution in [0.4, 0.5) is 0 Å². The molecule has 0 aliphatic rings. The highest BCUT2D eigenvalue weighted by molar-refractivity contribution is 9.09. The van der Waals surface area contributed by atoms with E-state index in [-0.39, 0.29) is 9.72 Å². The molecule has 5 nitrogen and oxygen atoms in total. The lowest BCUT2D eigenvalue weighted by atomic mass is 10.0. The molecule has 1 rings (SSSR count). The molecule has 0 aliphatic heterocycles. The molecule has 1 atom stereocenters. The molecule has 0 bridgehead atoms. The van der Waals surface area contributed by atoms with E-state index in [1.54, 1.807) is 13.8 Å². The number of aryl methyl sites for hydroxylation is 2. The lowest BCUT2D eigenvalue weighted by molar-refractivity contribution is 0.390. The molecule has 0 aliphatic carbocycles. The van der Waals surface area contributed by atoms with Crippen molar-refractivity contribution < 1.29 is 12.9 Å². The van der Waals surface area contributed by atoms with Crippen LogP contribution in [0.1, 0.15) is 32.2 Å². The highest BCUT2D eigenvalue weighted by atomic mass is 79.9. The van der Waals surface area contributed by atoms with E-state index in [9.17, 15) is 8.42 Å². The van der Waals surface area contributed by atoms with Crippen LogP contribution in [0.3, 0.4) is 0 Å². The van der Waals surface area contributed by atoms with Crippen LogP contribution in [0.15, 0.2) is 9.42 Å². The van der Waals surface area contributed by atoms with Crippen molar-refractivity contribution in [3.8, 4) is 0 Å². The molecule has 0 saturated heterocycles. The average Bonchev–Trinajstić information content (AvgIpc) is 2.44. The molecule has 0 aromatic carbocycles. The van der Waals surface area contributed by atoms with Crippen molar-refractivity contribution in [1.29, 1.82) is 0 Å². The summed E-state index contributed by atoms with van der Waals surface area (Å²) >= 11 is 3.38. The Labute approximate surface area is 110 Å². The standard InChI is InChI=1S/C10H17BrN2O3S/c1-6-9(7(2)16-12-6)17(14,15)13-10(4,5)8(3)11/h8,13H,1-5H3. The molecule has 98 valence electrons. The summed E-state index contributed by atoms with van der Waals surface area (Å²) in [6.07, 6.45) is 0. The van der Waals surface area contributed by atoms with Gasteiger partial charge in [0.25, 0.3) is 0 Å². The van der Waals surface area contributed by atoms with Gasteiger partial charge in [0.1, 0.15) is 10.6 Å². The zero-order valence-corrected chi connectivity index (χ0v) is 12.9. The van der Waals surface area contributed by atoms with Crippen LogP contribution in [0, 0.1) is 13.8 Å². The summed E-state index contributed by atoms with van der Waals surface area (Å²) in [4.78, 5) is 0.115. The van der Waals surface area contributed by atoms with Crippen LogP contribution >= 0.6 is 15.9 Å². The van der Waals surface area contributed by atoms with Gasteiger partial charge < -0.3 is 4.52 Å². The Kier molecular flexibility index (Phi) is 4.05. The average molecular weight is 325 g/mol. The molecular weight excluding hydrogens is 308 g/mol. The fraction of sp³-hybridized carbons (Fsp3) is 0.700. The van der Waals surface area contributed by atoms with Crippen molar-refractivity contribution in [2.75, 3.05) is 0 Å². The molecule has 0 saturated carbocycles. The van der Waals surface area contributed by atoms with Gasteiger partial charge in [-0.1, -0.05) is 28.0 Å². The predicted octanol–water partition coefficient (Wildman–Crippen LogP) is 2.13. The molecule has 0 fully saturated rings. The van der Waals surface area contributed by atoms with Crippen LogP contribution in [0.2, 0.25) is 0 Å². The Morgan fingerprint density at radius 1 is 1.41 bits per heavy atom. The highest BCUT2D eigenvalue weighted by Gasteiger charge is 2.33. The number of halogens is 1. The third-order valence-corrected chi connectivity index (χ3v) is 5.69. The Morgan fingerprint density at radius 3 is 2.29 bits per heavy atom. The second kappa shape index (κ2) is 4.70. The monoisotopic (exact) mass is 324 g/mol. The summed E-state index contributed by atoms with van der Waals surface area (Å²) in [7, 11) is -3.62. The van der Waals surface area contributed by atoms with E-state index in [2.05, 4.69) is 25.8 Å². The summed E-state index contributed by atoms with van der Waals surface area (Å²) in [5, 5.41) is 3.65. The fourth-order valence-electron chi connectivity index (χ4n) is 1.34. The van der Waals surface area contributed by atoms with Gasteiger partial charge in [0.15, 0.2) is 5.76 Å². The third-order valence-electron chi connectivity index (χ3n) is 2.63. The summed E-state index contributed by atoms with van der Waals surface area (Å²) in [5.41, 5.74) is -0.234. The molecular formula is C10H17BrN2O3S. The normalized spacial score (nSPS) is 14.9. The Hall–Kier alpha value is -0.400.